The van der Waals surface area contributed by atoms with Crippen LogP contribution in [0.15, 0.2) is 194 Å². The number of fused-ring (bicyclic) bond motifs is 3. The molecule has 0 N–H and O–H groups in total. The molecule has 11 rings (SSSR count). The van der Waals surface area contributed by atoms with E-state index < -0.39 is 0 Å². The summed E-state index contributed by atoms with van der Waals surface area (Å²) in [5.41, 5.74) is 14.8. The topological polar surface area (TPSA) is 77.3 Å². The molecule has 0 aliphatic rings. The number of benzene rings is 9. The molecular formula is C60H44N6. The average Bonchev–Trinajstić information content (AvgIpc) is 3.36. The number of aromatic nitrogens is 6. The highest BCUT2D eigenvalue weighted by Crippen LogP contribution is 2.39. The SMILES string of the molecule is Cc1ccc(-c2nc(-c3ccc(C)cc3)nc(-c3cccc(-c4cccc5c4ccc4c(-c6cccc(-c7nc(-c8ccc(C)cc8)nc(-c8ccc(C)cc8)n7)c6)cccc45)c3)n2)cc1. The van der Waals surface area contributed by atoms with Crippen molar-refractivity contribution in [2.24, 2.45) is 0 Å². The first-order valence-electron chi connectivity index (χ1n) is 22.3. The highest BCUT2D eigenvalue weighted by molar-refractivity contribution is 6.15. The van der Waals surface area contributed by atoms with E-state index in [1.165, 1.54) is 43.8 Å². The van der Waals surface area contributed by atoms with Crippen LogP contribution in [-0.4, -0.2) is 29.9 Å². The monoisotopic (exact) mass is 848 g/mol. The Kier molecular flexibility index (Phi) is 10.3. The molecule has 11 aromatic rings. The third kappa shape index (κ3) is 7.90. The highest BCUT2D eigenvalue weighted by atomic mass is 15.0. The largest absolute Gasteiger partial charge is 0.208 e. The van der Waals surface area contributed by atoms with Gasteiger partial charge in [-0.3, -0.25) is 0 Å². The normalized spacial score (nSPS) is 11.3. The number of hydrogen-bond donors (Lipinski definition) is 0. The first-order chi connectivity index (χ1) is 32.3. The molecule has 0 radical (unpaired) electrons. The van der Waals surface area contributed by atoms with Crippen molar-refractivity contribution in [2.45, 2.75) is 27.7 Å². The molecule has 0 unspecified atom stereocenters. The summed E-state index contributed by atoms with van der Waals surface area (Å²) in [4.78, 5) is 30.2. The van der Waals surface area contributed by atoms with Crippen LogP contribution in [0.4, 0.5) is 0 Å². The van der Waals surface area contributed by atoms with Crippen molar-refractivity contribution in [3.63, 3.8) is 0 Å². The van der Waals surface area contributed by atoms with Crippen molar-refractivity contribution in [1.82, 2.24) is 29.9 Å². The fraction of sp³-hybridized carbons (Fsp3) is 0.0667. The number of hydrogen-bond acceptors (Lipinski definition) is 6. The molecular weight excluding hydrogens is 805 g/mol. The van der Waals surface area contributed by atoms with E-state index in [9.17, 15) is 0 Å². The van der Waals surface area contributed by atoms with Gasteiger partial charge in [-0.15, -0.1) is 0 Å². The lowest BCUT2D eigenvalue weighted by molar-refractivity contribution is 1.07. The summed E-state index contributed by atoms with van der Waals surface area (Å²) in [6, 6.07) is 68.1. The molecule has 0 saturated heterocycles. The minimum atomic E-state index is 0.630. The van der Waals surface area contributed by atoms with E-state index in [1.54, 1.807) is 0 Å². The second-order valence-corrected chi connectivity index (χ2v) is 17.1. The maximum Gasteiger partial charge on any atom is 0.164 e. The van der Waals surface area contributed by atoms with Gasteiger partial charge in [-0.2, -0.15) is 0 Å². The minimum Gasteiger partial charge on any atom is -0.208 e. The Morgan fingerprint density at radius 2 is 0.470 bits per heavy atom. The Hall–Kier alpha value is -8.48. The van der Waals surface area contributed by atoms with Gasteiger partial charge in [0.05, 0.1) is 0 Å². The molecule has 6 heteroatoms. The molecule has 2 heterocycles. The van der Waals surface area contributed by atoms with Gasteiger partial charge < -0.3 is 0 Å². The van der Waals surface area contributed by atoms with Crippen LogP contribution in [0.1, 0.15) is 22.3 Å². The van der Waals surface area contributed by atoms with E-state index in [1.807, 2.05) is 0 Å². The van der Waals surface area contributed by atoms with Crippen LogP contribution in [0, 0.1) is 27.7 Å². The second kappa shape index (κ2) is 16.9. The lowest BCUT2D eigenvalue weighted by Gasteiger charge is -2.14. The molecule has 6 nitrogen and oxygen atoms in total. The quantitative estimate of drug-likeness (QED) is 0.142. The number of nitrogens with zero attached hydrogens (tertiary/aromatic N) is 6. The van der Waals surface area contributed by atoms with Crippen LogP contribution < -0.4 is 0 Å². The molecule has 66 heavy (non-hydrogen) atoms. The number of aryl methyl sites for hydroxylation is 4. The average molecular weight is 849 g/mol. The summed E-state index contributed by atoms with van der Waals surface area (Å²) < 4.78 is 0. The third-order valence-corrected chi connectivity index (χ3v) is 12.3. The van der Waals surface area contributed by atoms with Gasteiger partial charge in [0.2, 0.25) is 0 Å². The predicted molar refractivity (Wildman–Crippen MR) is 271 cm³/mol. The van der Waals surface area contributed by atoms with Crippen molar-refractivity contribution < 1.29 is 0 Å². The standard InChI is InChI=1S/C60H44N6/c1-37-17-25-41(26-18-37)55-61-56(42-27-19-38(2)20-28-42)64-59(63-55)47-11-5-9-45(35-47)49-13-7-15-51-52-16-8-14-50(54(52)34-33-53(49)51)46-10-6-12-48(36-46)60-65-57(43-29-21-39(3)22-30-43)62-58(66-60)44-31-23-40(4)24-32-44/h5-36H,1-4H3. The van der Waals surface area contributed by atoms with Crippen molar-refractivity contribution in [3.8, 4) is 90.6 Å². The van der Waals surface area contributed by atoms with Gasteiger partial charge in [-0.25, -0.2) is 29.9 Å². The maximum atomic E-state index is 5.06. The molecule has 314 valence electrons. The van der Waals surface area contributed by atoms with Gasteiger partial charge in [0, 0.05) is 33.4 Å². The van der Waals surface area contributed by atoms with E-state index in [-0.39, 0.29) is 0 Å². The molecule has 0 bridgehead atoms. The molecule has 0 saturated carbocycles. The first kappa shape index (κ1) is 40.3. The molecule has 0 amide bonds. The van der Waals surface area contributed by atoms with Crippen molar-refractivity contribution in [1.29, 1.82) is 0 Å². The zero-order valence-corrected chi connectivity index (χ0v) is 37.2. The van der Waals surface area contributed by atoms with Crippen LogP contribution in [0.25, 0.3) is 112 Å². The molecule has 0 atom stereocenters. The van der Waals surface area contributed by atoms with Gasteiger partial charge in [0.1, 0.15) is 0 Å². The summed E-state index contributed by atoms with van der Waals surface area (Å²) in [7, 11) is 0. The molecule has 0 fully saturated rings. The van der Waals surface area contributed by atoms with E-state index in [4.69, 9.17) is 29.9 Å². The molecule has 9 aromatic carbocycles. The first-order valence-corrected chi connectivity index (χ1v) is 22.3. The minimum absolute atomic E-state index is 0.630. The Bertz CT molecular complexity index is 3230. The smallest absolute Gasteiger partial charge is 0.164 e. The van der Waals surface area contributed by atoms with Crippen molar-refractivity contribution in [2.75, 3.05) is 0 Å². The Balaban J connectivity index is 0.982. The van der Waals surface area contributed by atoms with Crippen LogP contribution in [0.3, 0.4) is 0 Å². The van der Waals surface area contributed by atoms with Gasteiger partial charge in [0.25, 0.3) is 0 Å². The van der Waals surface area contributed by atoms with Crippen LogP contribution in [0.5, 0.6) is 0 Å². The van der Waals surface area contributed by atoms with Gasteiger partial charge in [-0.05, 0) is 83.6 Å². The van der Waals surface area contributed by atoms with Gasteiger partial charge in [0.15, 0.2) is 34.9 Å². The molecule has 0 aliphatic carbocycles. The fourth-order valence-electron chi connectivity index (χ4n) is 8.62. The number of rotatable bonds is 8. The van der Waals surface area contributed by atoms with Gasteiger partial charge >= 0.3 is 0 Å². The lowest BCUT2D eigenvalue weighted by atomic mass is 9.91. The zero-order chi connectivity index (χ0) is 44.7. The van der Waals surface area contributed by atoms with Gasteiger partial charge in [-0.1, -0.05) is 204 Å². The zero-order valence-electron chi connectivity index (χ0n) is 37.2. The Morgan fingerprint density at radius 1 is 0.212 bits per heavy atom. The lowest BCUT2D eigenvalue weighted by Crippen LogP contribution is -2.00. The van der Waals surface area contributed by atoms with Crippen LogP contribution in [0.2, 0.25) is 0 Å². The van der Waals surface area contributed by atoms with Crippen molar-refractivity contribution >= 4 is 21.5 Å². The van der Waals surface area contributed by atoms with Crippen molar-refractivity contribution in [3.05, 3.63) is 216 Å². The molecule has 2 aromatic heterocycles. The predicted octanol–water partition coefficient (Wildman–Crippen LogP) is 14.9. The summed E-state index contributed by atoms with van der Waals surface area (Å²) in [6.45, 7) is 8.35. The second-order valence-electron chi connectivity index (χ2n) is 17.1. The van der Waals surface area contributed by atoms with Crippen LogP contribution in [-0.2, 0) is 0 Å². The van der Waals surface area contributed by atoms with Crippen LogP contribution >= 0.6 is 0 Å². The van der Waals surface area contributed by atoms with E-state index in [0.717, 1.165) is 55.6 Å². The third-order valence-electron chi connectivity index (χ3n) is 12.3. The van der Waals surface area contributed by atoms with E-state index in [2.05, 4.69) is 222 Å². The molecule has 0 spiro atoms. The Labute approximate surface area is 384 Å². The maximum absolute atomic E-state index is 5.06. The summed E-state index contributed by atoms with van der Waals surface area (Å²) in [5, 5.41) is 4.70. The summed E-state index contributed by atoms with van der Waals surface area (Å²) >= 11 is 0. The van der Waals surface area contributed by atoms with E-state index >= 15 is 0 Å². The highest BCUT2D eigenvalue weighted by Gasteiger charge is 2.17. The molecule has 0 aliphatic heterocycles. The Morgan fingerprint density at radius 3 is 0.773 bits per heavy atom. The fourth-order valence-corrected chi connectivity index (χ4v) is 8.62. The summed E-state index contributed by atoms with van der Waals surface area (Å²) in [5.74, 6) is 3.84. The summed E-state index contributed by atoms with van der Waals surface area (Å²) in [6.07, 6.45) is 0. The van der Waals surface area contributed by atoms with E-state index in [0.29, 0.717) is 34.9 Å².